The van der Waals surface area contributed by atoms with Gasteiger partial charge in [0, 0.05) is 28.9 Å². The Morgan fingerprint density at radius 2 is 2.08 bits per heavy atom. The van der Waals surface area contributed by atoms with E-state index in [0.717, 1.165) is 28.6 Å². The predicted octanol–water partition coefficient (Wildman–Crippen LogP) is 3.47. The Kier molecular flexibility index (Phi) is 5.36. The molecule has 0 unspecified atom stereocenters. The smallest absolute Gasteiger partial charge is 0.241 e. The van der Waals surface area contributed by atoms with Crippen LogP contribution in [0.4, 0.5) is 5.69 Å². The van der Waals surface area contributed by atoms with Crippen LogP contribution in [-0.4, -0.2) is 23.5 Å². The number of fused-ring (bicyclic) bond motifs is 1. The van der Waals surface area contributed by atoms with Crippen LogP contribution >= 0.6 is 0 Å². The summed E-state index contributed by atoms with van der Waals surface area (Å²) in [6.07, 6.45) is 3.32. The zero-order valence-corrected chi connectivity index (χ0v) is 14.3. The van der Waals surface area contributed by atoms with Gasteiger partial charge in [0.15, 0.2) is 0 Å². The van der Waals surface area contributed by atoms with Crippen LogP contribution in [0, 0.1) is 0 Å². The maximum atomic E-state index is 12.4. The van der Waals surface area contributed by atoms with E-state index in [9.17, 15) is 4.79 Å². The number of aromatic amines is 1. The Bertz CT molecular complexity index is 857. The molecule has 1 amide bonds. The van der Waals surface area contributed by atoms with Crippen molar-refractivity contribution in [2.75, 3.05) is 11.9 Å². The van der Waals surface area contributed by atoms with Crippen LogP contribution < -0.4 is 15.8 Å². The molecule has 3 rings (SSSR count). The lowest BCUT2D eigenvalue weighted by molar-refractivity contribution is -0.117. The van der Waals surface area contributed by atoms with E-state index in [4.69, 9.17) is 10.5 Å². The van der Waals surface area contributed by atoms with E-state index in [1.807, 2.05) is 54.7 Å². The number of ether oxygens (including phenoxy) is 1. The minimum absolute atomic E-state index is 0.210. The first-order valence-electron chi connectivity index (χ1n) is 8.51. The monoisotopic (exact) mass is 337 g/mol. The third kappa shape index (κ3) is 4.19. The van der Waals surface area contributed by atoms with E-state index in [-0.39, 0.29) is 5.91 Å². The molecule has 25 heavy (non-hydrogen) atoms. The lowest BCUT2D eigenvalue weighted by Gasteiger charge is -2.13. The maximum Gasteiger partial charge on any atom is 0.241 e. The van der Waals surface area contributed by atoms with Crippen LogP contribution in [0.15, 0.2) is 54.7 Å². The second kappa shape index (κ2) is 7.85. The molecule has 1 heterocycles. The van der Waals surface area contributed by atoms with Crippen LogP contribution in [0.1, 0.15) is 18.9 Å². The van der Waals surface area contributed by atoms with Gasteiger partial charge in [-0.25, -0.2) is 0 Å². The molecule has 0 fully saturated rings. The molecule has 5 heteroatoms. The topological polar surface area (TPSA) is 80.1 Å². The molecule has 0 saturated carbocycles. The summed E-state index contributed by atoms with van der Waals surface area (Å²) in [5.41, 5.74) is 8.88. The lowest BCUT2D eigenvalue weighted by Crippen LogP contribution is -2.37. The summed E-state index contributed by atoms with van der Waals surface area (Å²) in [6.45, 7) is 2.70. The molecule has 4 N–H and O–H groups in total. The molecule has 1 atom stereocenters. The number of amides is 1. The average molecular weight is 337 g/mol. The molecule has 2 aromatic carbocycles. The summed E-state index contributed by atoms with van der Waals surface area (Å²) >= 11 is 0. The molecule has 1 aromatic heterocycles. The normalized spacial score (nSPS) is 12.1. The van der Waals surface area contributed by atoms with Gasteiger partial charge >= 0.3 is 0 Å². The zero-order chi connectivity index (χ0) is 17.6. The number of nitrogens with one attached hydrogen (secondary N) is 2. The molecule has 0 aliphatic rings. The highest BCUT2D eigenvalue weighted by atomic mass is 16.5. The second-order valence-electron chi connectivity index (χ2n) is 6.04. The van der Waals surface area contributed by atoms with Crippen molar-refractivity contribution in [2.45, 2.75) is 25.8 Å². The van der Waals surface area contributed by atoms with Gasteiger partial charge in [-0.3, -0.25) is 4.79 Å². The number of benzene rings is 2. The number of H-pyrrole nitrogens is 1. The number of hydrogen-bond acceptors (Lipinski definition) is 3. The van der Waals surface area contributed by atoms with Gasteiger partial charge in [-0.1, -0.05) is 31.2 Å². The number of hydrogen-bond donors (Lipinski definition) is 3. The Labute approximate surface area is 147 Å². The fourth-order valence-corrected chi connectivity index (χ4v) is 2.75. The van der Waals surface area contributed by atoms with E-state index in [0.29, 0.717) is 18.7 Å². The highest BCUT2D eigenvalue weighted by Crippen LogP contribution is 2.20. The van der Waals surface area contributed by atoms with Crippen molar-refractivity contribution in [1.29, 1.82) is 0 Å². The van der Waals surface area contributed by atoms with Gasteiger partial charge in [-0.15, -0.1) is 0 Å². The van der Waals surface area contributed by atoms with Crippen LogP contribution in [-0.2, 0) is 11.2 Å². The Balaban J connectivity index is 1.64. The molecular weight excluding hydrogens is 314 g/mol. The van der Waals surface area contributed by atoms with Gasteiger partial charge in [0.1, 0.15) is 5.75 Å². The number of rotatable bonds is 7. The summed E-state index contributed by atoms with van der Waals surface area (Å²) in [5, 5.41) is 3.96. The molecule has 3 aromatic rings. The van der Waals surface area contributed by atoms with Gasteiger partial charge < -0.3 is 20.8 Å². The zero-order valence-electron chi connectivity index (χ0n) is 14.3. The molecule has 0 aliphatic carbocycles. The van der Waals surface area contributed by atoms with Crippen LogP contribution in [0.3, 0.4) is 0 Å². The average Bonchev–Trinajstić information content (AvgIpc) is 3.03. The summed E-state index contributed by atoms with van der Waals surface area (Å²) in [4.78, 5) is 15.6. The van der Waals surface area contributed by atoms with Crippen LogP contribution in [0.5, 0.6) is 5.75 Å². The van der Waals surface area contributed by atoms with Crippen molar-refractivity contribution in [1.82, 2.24) is 4.98 Å². The Morgan fingerprint density at radius 1 is 1.24 bits per heavy atom. The molecule has 130 valence electrons. The second-order valence-corrected chi connectivity index (χ2v) is 6.04. The van der Waals surface area contributed by atoms with E-state index < -0.39 is 6.04 Å². The van der Waals surface area contributed by atoms with Crippen molar-refractivity contribution in [3.63, 3.8) is 0 Å². The summed E-state index contributed by atoms with van der Waals surface area (Å²) in [7, 11) is 0. The number of carbonyl (C=O) groups excluding carboxylic acids is 1. The number of para-hydroxylation sites is 1. The first kappa shape index (κ1) is 17.0. The van der Waals surface area contributed by atoms with Crippen molar-refractivity contribution < 1.29 is 9.53 Å². The molecule has 0 radical (unpaired) electrons. The van der Waals surface area contributed by atoms with Crippen molar-refractivity contribution in [3.05, 3.63) is 60.3 Å². The van der Waals surface area contributed by atoms with Gasteiger partial charge in [-0.05, 0) is 36.6 Å². The fourth-order valence-electron chi connectivity index (χ4n) is 2.75. The molecule has 0 spiro atoms. The highest BCUT2D eigenvalue weighted by molar-refractivity contribution is 5.95. The standard InChI is InChI=1S/C20H23N3O2/c1-2-10-25-16-7-5-6-15(12-16)23-20(24)18(21)11-14-13-22-19-9-4-3-8-17(14)19/h3-9,12-13,18,22H,2,10-11,21H2,1H3,(H,23,24)/t18-/m0/s1. The first-order chi connectivity index (χ1) is 12.2. The van der Waals surface area contributed by atoms with E-state index in [1.54, 1.807) is 0 Å². The molecular formula is C20H23N3O2. The number of aromatic nitrogens is 1. The van der Waals surface area contributed by atoms with Crippen LogP contribution in [0.25, 0.3) is 10.9 Å². The van der Waals surface area contributed by atoms with E-state index in [2.05, 4.69) is 17.2 Å². The fraction of sp³-hybridized carbons (Fsp3) is 0.250. The largest absolute Gasteiger partial charge is 0.494 e. The van der Waals surface area contributed by atoms with Gasteiger partial charge in [0.05, 0.1) is 12.6 Å². The van der Waals surface area contributed by atoms with Crippen LogP contribution in [0.2, 0.25) is 0 Å². The van der Waals surface area contributed by atoms with Crippen molar-refractivity contribution in [3.8, 4) is 5.75 Å². The van der Waals surface area contributed by atoms with E-state index >= 15 is 0 Å². The summed E-state index contributed by atoms with van der Waals surface area (Å²) in [5.74, 6) is 0.530. The molecule has 0 saturated heterocycles. The minimum atomic E-state index is -0.626. The molecule has 0 bridgehead atoms. The number of nitrogens with two attached hydrogens (primary N) is 1. The van der Waals surface area contributed by atoms with Gasteiger partial charge in [-0.2, -0.15) is 0 Å². The Hall–Kier alpha value is -2.79. The molecule has 0 aliphatic heterocycles. The summed E-state index contributed by atoms with van der Waals surface area (Å²) < 4.78 is 5.58. The third-order valence-corrected chi connectivity index (χ3v) is 4.03. The van der Waals surface area contributed by atoms with Gasteiger partial charge in [0.2, 0.25) is 5.91 Å². The minimum Gasteiger partial charge on any atom is -0.494 e. The maximum absolute atomic E-state index is 12.4. The SMILES string of the molecule is CCCOc1cccc(NC(=O)[C@@H](N)Cc2c[nH]c3ccccc23)c1. The lowest BCUT2D eigenvalue weighted by atomic mass is 10.0. The van der Waals surface area contributed by atoms with Gasteiger partial charge in [0.25, 0.3) is 0 Å². The third-order valence-electron chi connectivity index (χ3n) is 4.03. The van der Waals surface area contributed by atoms with E-state index in [1.165, 1.54) is 0 Å². The van der Waals surface area contributed by atoms with Crippen molar-refractivity contribution >= 4 is 22.5 Å². The number of anilines is 1. The number of carbonyl (C=O) groups is 1. The molecule has 5 nitrogen and oxygen atoms in total. The van der Waals surface area contributed by atoms with Crippen molar-refractivity contribution in [2.24, 2.45) is 5.73 Å². The quantitative estimate of drug-likeness (QED) is 0.617. The summed E-state index contributed by atoms with van der Waals surface area (Å²) in [6, 6.07) is 14.7. The first-order valence-corrected chi connectivity index (χ1v) is 8.51. The highest BCUT2D eigenvalue weighted by Gasteiger charge is 2.16. The Morgan fingerprint density at radius 3 is 2.92 bits per heavy atom. The predicted molar refractivity (Wildman–Crippen MR) is 101 cm³/mol.